The molecule has 1 rings (SSSR count). The Morgan fingerprint density at radius 2 is 2.00 bits per heavy atom. The Morgan fingerprint density at radius 1 is 1.43 bits per heavy atom. The quantitative estimate of drug-likeness (QED) is 0.826. The van der Waals surface area contributed by atoms with Crippen molar-refractivity contribution < 1.29 is 4.79 Å². The van der Waals surface area contributed by atoms with Crippen LogP contribution in [-0.2, 0) is 6.42 Å². The Balaban J connectivity index is 0.00000169. The van der Waals surface area contributed by atoms with E-state index in [1.165, 1.54) is 6.07 Å². The van der Waals surface area contributed by atoms with Crippen LogP contribution in [0, 0.1) is 0 Å². The number of nitrogens with two attached hydrogens (primary N) is 1. The first-order chi connectivity index (χ1) is 6.06. The maximum atomic E-state index is 10.9. The smallest absolute Gasteiger partial charge is 0.250 e. The van der Waals surface area contributed by atoms with Gasteiger partial charge in [0.2, 0.25) is 5.91 Å². The van der Waals surface area contributed by atoms with E-state index in [1.807, 2.05) is 6.92 Å². The normalized spacial score (nSPS) is 9.36. The summed E-state index contributed by atoms with van der Waals surface area (Å²) >= 11 is 11.7. The van der Waals surface area contributed by atoms with E-state index in [-0.39, 0.29) is 11.7 Å². The van der Waals surface area contributed by atoms with E-state index < -0.39 is 5.91 Å². The third kappa shape index (κ3) is 2.61. The zero-order chi connectivity index (χ0) is 10.0. The van der Waals surface area contributed by atoms with Crippen LogP contribution < -0.4 is 11.9 Å². The van der Waals surface area contributed by atoms with E-state index >= 15 is 0 Å². The minimum absolute atomic E-state index is 0. The zero-order valence-corrected chi connectivity index (χ0v) is 9.32. The summed E-state index contributed by atoms with van der Waals surface area (Å²) in [6.45, 7) is 1.93. The van der Waals surface area contributed by atoms with Gasteiger partial charge in [0.1, 0.15) is 0 Å². The van der Waals surface area contributed by atoms with Gasteiger partial charge in [-0.1, -0.05) is 30.1 Å². The van der Waals surface area contributed by atoms with E-state index in [1.54, 1.807) is 6.07 Å². The van der Waals surface area contributed by atoms with Gasteiger partial charge < -0.3 is 11.9 Å². The zero-order valence-electron chi connectivity index (χ0n) is 7.81. The molecular formula is C9H12Cl2N2O. The molecule has 0 aromatic heterocycles. The second kappa shape index (κ2) is 5.20. The Hall–Kier alpha value is -0.770. The molecule has 14 heavy (non-hydrogen) atoms. The topological polar surface area (TPSA) is 78.1 Å². The lowest BCUT2D eigenvalue weighted by molar-refractivity contribution is 0.100. The first-order valence-electron chi connectivity index (χ1n) is 3.84. The number of rotatable bonds is 2. The third-order valence-corrected chi connectivity index (χ3v) is 2.42. The lowest BCUT2D eigenvalue weighted by Crippen LogP contribution is -2.12. The summed E-state index contributed by atoms with van der Waals surface area (Å²) in [6.07, 6.45) is 0.722. The molecule has 0 atom stereocenters. The summed E-state index contributed by atoms with van der Waals surface area (Å²) < 4.78 is 0. The van der Waals surface area contributed by atoms with Crippen molar-refractivity contribution in [1.82, 2.24) is 6.15 Å². The predicted octanol–water partition coefficient (Wildman–Crippen LogP) is 2.82. The number of aryl methyl sites for hydroxylation is 1. The molecule has 0 aliphatic rings. The highest BCUT2D eigenvalue weighted by atomic mass is 35.5. The summed E-state index contributed by atoms with van der Waals surface area (Å²) in [7, 11) is 0. The van der Waals surface area contributed by atoms with Gasteiger partial charge in [-0.15, -0.1) is 0 Å². The molecule has 78 valence electrons. The molecular weight excluding hydrogens is 223 g/mol. The summed E-state index contributed by atoms with van der Waals surface area (Å²) in [4.78, 5) is 10.9. The monoisotopic (exact) mass is 234 g/mol. The fourth-order valence-corrected chi connectivity index (χ4v) is 1.66. The number of halogens is 2. The fraction of sp³-hybridized carbons (Fsp3) is 0.222. The minimum atomic E-state index is -0.554. The van der Waals surface area contributed by atoms with Crippen LogP contribution in [0.15, 0.2) is 12.1 Å². The van der Waals surface area contributed by atoms with Gasteiger partial charge in [-0.2, -0.15) is 0 Å². The minimum Gasteiger partial charge on any atom is -0.366 e. The summed E-state index contributed by atoms with van der Waals surface area (Å²) in [6, 6.07) is 3.21. The molecule has 3 nitrogen and oxygen atoms in total. The van der Waals surface area contributed by atoms with Crippen LogP contribution in [0.3, 0.4) is 0 Å². The van der Waals surface area contributed by atoms with Crippen LogP contribution >= 0.6 is 23.2 Å². The molecule has 1 aromatic carbocycles. The van der Waals surface area contributed by atoms with Crippen molar-refractivity contribution in [3.8, 4) is 0 Å². The fourth-order valence-electron chi connectivity index (χ4n) is 1.08. The molecule has 0 fully saturated rings. The van der Waals surface area contributed by atoms with Gasteiger partial charge >= 0.3 is 0 Å². The van der Waals surface area contributed by atoms with Crippen molar-refractivity contribution in [3.05, 3.63) is 33.3 Å². The van der Waals surface area contributed by atoms with Gasteiger partial charge in [-0.05, 0) is 24.1 Å². The molecule has 0 spiro atoms. The second-order valence-corrected chi connectivity index (χ2v) is 3.46. The number of benzene rings is 1. The van der Waals surface area contributed by atoms with E-state index in [2.05, 4.69) is 0 Å². The average molecular weight is 235 g/mol. The van der Waals surface area contributed by atoms with Crippen LogP contribution in [0.5, 0.6) is 0 Å². The molecule has 0 aliphatic carbocycles. The van der Waals surface area contributed by atoms with Crippen LogP contribution in [0.25, 0.3) is 0 Å². The highest BCUT2D eigenvalue weighted by molar-refractivity contribution is 6.36. The molecule has 0 unspecified atom stereocenters. The molecule has 0 saturated carbocycles. The van der Waals surface area contributed by atoms with Crippen LogP contribution in [0.1, 0.15) is 22.8 Å². The number of carbonyl (C=O) groups excluding carboxylic acids is 1. The summed E-state index contributed by atoms with van der Waals surface area (Å²) in [5, 5.41) is 0.884. The van der Waals surface area contributed by atoms with E-state index in [0.29, 0.717) is 10.0 Å². The van der Waals surface area contributed by atoms with Crippen molar-refractivity contribution in [1.29, 1.82) is 0 Å². The number of hydrogen-bond acceptors (Lipinski definition) is 2. The van der Waals surface area contributed by atoms with Gasteiger partial charge in [0.25, 0.3) is 0 Å². The number of amides is 1. The number of carbonyl (C=O) groups is 1. The third-order valence-electron chi connectivity index (χ3n) is 1.76. The molecule has 0 saturated heterocycles. The Morgan fingerprint density at radius 3 is 2.43 bits per heavy atom. The highest BCUT2D eigenvalue weighted by Crippen LogP contribution is 2.25. The van der Waals surface area contributed by atoms with E-state index in [0.717, 1.165) is 12.0 Å². The largest absolute Gasteiger partial charge is 0.366 e. The standard InChI is InChI=1S/C9H9Cl2NO.H3N/c1-2-5-3-6(10)4-7(8(5)11)9(12)13;/h3-4H,2H2,1H3,(H2,12,13);1H3. The average Bonchev–Trinajstić information content (AvgIpc) is 2.08. The molecule has 0 bridgehead atoms. The van der Waals surface area contributed by atoms with Crippen LogP contribution in [0.4, 0.5) is 0 Å². The molecule has 5 N–H and O–H groups in total. The van der Waals surface area contributed by atoms with Gasteiger partial charge in [0.05, 0.1) is 10.6 Å². The Labute approximate surface area is 92.8 Å². The number of hydrogen-bond donors (Lipinski definition) is 2. The first kappa shape index (κ1) is 13.2. The van der Waals surface area contributed by atoms with Gasteiger partial charge in [-0.3, -0.25) is 4.79 Å². The molecule has 0 heterocycles. The van der Waals surface area contributed by atoms with Gasteiger partial charge in [0.15, 0.2) is 0 Å². The second-order valence-electron chi connectivity index (χ2n) is 2.64. The Kier molecular flexibility index (Phi) is 4.91. The molecule has 1 aromatic rings. The SMILES string of the molecule is CCc1cc(Cl)cc(C(N)=O)c1Cl.N. The van der Waals surface area contributed by atoms with E-state index in [4.69, 9.17) is 28.9 Å². The molecule has 5 heteroatoms. The van der Waals surface area contributed by atoms with Gasteiger partial charge in [-0.25, -0.2) is 0 Å². The van der Waals surface area contributed by atoms with Crippen LogP contribution in [0.2, 0.25) is 10.0 Å². The van der Waals surface area contributed by atoms with Crippen molar-refractivity contribution in [2.45, 2.75) is 13.3 Å². The summed E-state index contributed by atoms with van der Waals surface area (Å²) in [5.41, 5.74) is 6.24. The first-order valence-corrected chi connectivity index (χ1v) is 4.59. The highest BCUT2D eigenvalue weighted by Gasteiger charge is 2.11. The summed E-state index contributed by atoms with van der Waals surface area (Å²) in [5.74, 6) is -0.554. The van der Waals surface area contributed by atoms with Crippen molar-refractivity contribution in [2.75, 3.05) is 0 Å². The van der Waals surface area contributed by atoms with Gasteiger partial charge in [0, 0.05) is 5.02 Å². The maximum absolute atomic E-state index is 10.9. The van der Waals surface area contributed by atoms with Crippen molar-refractivity contribution >= 4 is 29.1 Å². The van der Waals surface area contributed by atoms with Crippen molar-refractivity contribution in [2.24, 2.45) is 5.73 Å². The lowest BCUT2D eigenvalue weighted by Gasteiger charge is -2.05. The number of primary amides is 1. The molecule has 0 radical (unpaired) electrons. The maximum Gasteiger partial charge on any atom is 0.250 e. The molecule has 1 amide bonds. The molecule has 0 aliphatic heterocycles. The Bertz CT molecular complexity index is 353. The predicted molar refractivity (Wildman–Crippen MR) is 59.4 cm³/mol. The van der Waals surface area contributed by atoms with E-state index in [9.17, 15) is 4.79 Å². The van der Waals surface area contributed by atoms with Crippen LogP contribution in [-0.4, -0.2) is 5.91 Å². The van der Waals surface area contributed by atoms with Crippen molar-refractivity contribution in [3.63, 3.8) is 0 Å². The lowest BCUT2D eigenvalue weighted by atomic mass is 10.1.